The SMILES string of the molecule is CCN(CC)C(=O)CSc1nc2ccc(NC(=O)c3ccc(C(=O)OC)cn3)cc2s1. The molecule has 0 unspecified atom stereocenters. The standard InChI is InChI=1S/C21H22N4O4S2/c1-4-25(5-2)18(26)12-30-21-24-15-9-7-14(10-17(15)31-21)23-19(27)16-8-6-13(11-22-16)20(28)29-3/h6-11H,4-5,12H2,1-3H3,(H,23,27). The van der Waals surface area contributed by atoms with Gasteiger partial charge in [-0.05, 0) is 44.2 Å². The molecule has 0 aliphatic rings. The number of hydrogen-bond donors (Lipinski definition) is 1. The first-order chi connectivity index (χ1) is 14.9. The molecule has 8 nitrogen and oxygen atoms in total. The number of benzene rings is 1. The Morgan fingerprint density at radius 2 is 1.94 bits per heavy atom. The number of methoxy groups -OCH3 is 1. The van der Waals surface area contributed by atoms with Crippen molar-refractivity contribution in [3.63, 3.8) is 0 Å². The number of carbonyl (C=O) groups is 3. The highest BCUT2D eigenvalue weighted by Crippen LogP contribution is 2.31. The zero-order valence-corrected chi connectivity index (χ0v) is 19.0. The van der Waals surface area contributed by atoms with Crippen LogP contribution in [0.3, 0.4) is 0 Å². The maximum absolute atomic E-state index is 12.5. The lowest BCUT2D eigenvalue weighted by Crippen LogP contribution is -2.31. The monoisotopic (exact) mass is 458 g/mol. The zero-order chi connectivity index (χ0) is 22.4. The minimum atomic E-state index is -0.512. The van der Waals surface area contributed by atoms with Gasteiger partial charge in [-0.25, -0.2) is 9.78 Å². The van der Waals surface area contributed by atoms with Crippen molar-refractivity contribution in [1.82, 2.24) is 14.9 Å². The minimum absolute atomic E-state index is 0.0907. The molecule has 2 aromatic heterocycles. The van der Waals surface area contributed by atoms with Crippen LogP contribution in [0.2, 0.25) is 0 Å². The van der Waals surface area contributed by atoms with Crippen LogP contribution >= 0.6 is 23.1 Å². The number of nitrogens with one attached hydrogen (secondary N) is 1. The van der Waals surface area contributed by atoms with Gasteiger partial charge in [-0.1, -0.05) is 11.8 Å². The number of carbonyl (C=O) groups excluding carboxylic acids is 3. The van der Waals surface area contributed by atoms with Crippen molar-refractivity contribution in [1.29, 1.82) is 0 Å². The van der Waals surface area contributed by atoms with E-state index >= 15 is 0 Å². The van der Waals surface area contributed by atoms with E-state index in [1.54, 1.807) is 11.0 Å². The molecule has 0 fully saturated rings. The van der Waals surface area contributed by atoms with Crippen molar-refractivity contribution in [2.45, 2.75) is 18.2 Å². The lowest BCUT2D eigenvalue weighted by atomic mass is 10.2. The van der Waals surface area contributed by atoms with Crippen molar-refractivity contribution in [2.24, 2.45) is 0 Å². The van der Waals surface area contributed by atoms with Gasteiger partial charge in [0, 0.05) is 25.0 Å². The number of thiazole rings is 1. The van der Waals surface area contributed by atoms with Crippen molar-refractivity contribution in [3.8, 4) is 0 Å². The molecule has 1 N–H and O–H groups in total. The van der Waals surface area contributed by atoms with Crippen LogP contribution in [-0.2, 0) is 9.53 Å². The lowest BCUT2D eigenvalue weighted by molar-refractivity contribution is -0.127. The molecule has 31 heavy (non-hydrogen) atoms. The summed E-state index contributed by atoms with van der Waals surface area (Å²) in [6, 6.07) is 8.38. The summed E-state index contributed by atoms with van der Waals surface area (Å²) in [5, 5.41) is 2.80. The number of rotatable bonds is 8. The van der Waals surface area contributed by atoms with Crippen molar-refractivity contribution in [2.75, 3.05) is 31.3 Å². The Balaban J connectivity index is 1.66. The number of fused-ring (bicyclic) bond motifs is 1. The molecule has 3 rings (SSSR count). The average Bonchev–Trinajstić information content (AvgIpc) is 3.20. The van der Waals surface area contributed by atoms with E-state index in [2.05, 4.69) is 20.0 Å². The van der Waals surface area contributed by atoms with E-state index in [9.17, 15) is 14.4 Å². The number of ether oxygens (including phenoxy) is 1. The average molecular weight is 459 g/mol. The summed E-state index contributed by atoms with van der Waals surface area (Å²) >= 11 is 2.89. The van der Waals surface area contributed by atoms with Gasteiger partial charge in [0.2, 0.25) is 5.91 Å². The van der Waals surface area contributed by atoms with Crippen LogP contribution in [0.25, 0.3) is 10.2 Å². The number of esters is 1. The van der Waals surface area contributed by atoms with Crippen molar-refractivity contribution < 1.29 is 19.1 Å². The van der Waals surface area contributed by atoms with Gasteiger partial charge in [0.15, 0.2) is 4.34 Å². The predicted octanol–water partition coefficient (Wildman–Crippen LogP) is 3.69. The highest BCUT2D eigenvalue weighted by atomic mass is 32.2. The van der Waals surface area contributed by atoms with Gasteiger partial charge in [0.1, 0.15) is 5.69 Å². The second-order valence-electron chi connectivity index (χ2n) is 6.39. The molecule has 0 aliphatic heterocycles. The smallest absolute Gasteiger partial charge is 0.339 e. The Morgan fingerprint density at radius 3 is 2.58 bits per heavy atom. The molecule has 2 amide bonds. The highest BCUT2D eigenvalue weighted by Gasteiger charge is 2.14. The van der Waals surface area contributed by atoms with Gasteiger partial charge in [-0.2, -0.15) is 0 Å². The molecule has 2 heterocycles. The first kappa shape index (κ1) is 22.7. The Kier molecular flexibility index (Phi) is 7.59. The molecule has 3 aromatic rings. The third kappa shape index (κ3) is 5.59. The summed E-state index contributed by atoms with van der Waals surface area (Å²) in [6.45, 7) is 5.31. The maximum atomic E-state index is 12.5. The largest absolute Gasteiger partial charge is 0.465 e. The summed E-state index contributed by atoms with van der Waals surface area (Å²) in [5.74, 6) is -0.464. The fourth-order valence-electron chi connectivity index (χ4n) is 2.80. The fraction of sp³-hybridized carbons (Fsp3) is 0.286. The Hall–Kier alpha value is -2.98. The van der Waals surface area contributed by atoms with Crippen molar-refractivity contribution in [3.05, 3.63) is 47.8 Å². The molecule has 0 saturated carbocycles. The number of hydrogen-bond acceptors (Lipinski definition) is 8. The third-order valence-corrected chi connectivity index (χ3v) is 6.63. The minimum Gasteiger partial charge on any atom is -0.465 e. The number of thioether (sulfide) groups is 1. The molecule has 10 heteroatoms. The van der Waals surface area contributed by atoms with E-state index in [-0.39, 0.29) is 23.1 Å². The van der Waals surface area contributed by atoms with E-state index in [1.807, 2.05) is 26.0 Å². The summed E-state index contributed by atoms with van der Waals surface area (Å²) < 4.78 is 6.33. The van der Waals surface area contributed by atoms with E-state index in [0.29, 0.717) is 24.5 Å². The lowest BCUT2D eigenvalue weighted by Gasteiger charge is -2.17. The number of pyridine rings is 1. The molecule has 1 aromatic carbocycles. The molecular weight excluding hydrogens is 436 g/mol. The number of anilines is 1. The van der Waals surface area contributed by atoms with Gasteiger partial charge < -0.3 is 15.0 Å². The van der Waals surface area contributed by atoms with Crippen molar-refractivity contribution >= 4 is 56.8 Å². The molecule has 0 radical (unpaired) electrons. The van der Waals surface area contributed by atoms with Gasteiger partial charge >= 0.3 is 5.97 Å². The molecule has 0 saturated heterocycles. The molecule has 0 bridgehead atoms. The number of nitrogens with zero attached hydrogens (tertiary/aromatic N) is 3. The van der Waals surface area contributed by atoms with Gasteiger partial charge in [0.05, 0.1) is 28.6 Å². The van der Waals surface area contributed by atoms with Gasteiger partial charge in [-0.3, -0.25) is 14.6 Å². The summed E-state index contributed by atoms with van der Waals surface area (Å²) in [7, 11) is 1.28. The Labute approximate surface area is 188 Å². The summed E-state index contributed by atoms with van der Waals surface area (Å²) in [4.78, 5) is 46.5. The third-order valence-electron chi connectivity index (χ3n) is 4.48. The normalized spacial score (nSPS) is 10.7. The Bertz CT molecular complexity index is 1090. The molecule has 0 atom stereocenters. The van der Waals surface area contributed by atoms with Crippen LogP contribution in [0.5, 0.6) is 0 Å². The van der Waals surface area contributed by atoms with Crippen LogP contribution in [0.4, 0.5) is 5.69 Å². The van der Waals surface area contributed by atoms with E-state index in [4.69, 9.17) is 0 Å². The van der Waals surface area contributed by atoms with Crippen LogP contribution in [0.15, 0.2) is 40.9 Å². The van der Waals surface area contributed by atoms with Crippen LogP contribution in [0.1, 0.15) is 34.7 Å². The molecule has 0 aliphatic carbocycles. The van der Waals surface area contributed by atoms with Crippen LogP contribution in [0, 0.1) is 0 Å². The Morgan fingerprint density at radius 1 is 1.16 bits per heavy atom. The topological polar surface area (TPSA) is 101 Å². The predicted molar refractivity (Wildman–Crippen MR) is 122 cm³/mol. The zero-order valence-electron chi connectivity index (χ0n) is 17.4. The second kappa shape index (κ2) is 10.4. The van der Waals surface area contributed by atoms with Gasteiger partial charge in [-0.15, -0.1) is 11.3 Å². The second-order valence-corrected chi connectivity index (χ2v) is 8.65. The molecule has 162 valence electrons. The van der Waals surface area contributed by atoms with Crippen LogP contribution < -0.4 is 5.32 Å². The van der Waals surface area contributed by atoms with E-state index in [1.165, 1.54) is 48.5 Å². The quantitative estimate of drug-likeness (QED) is 0.406. The summed E-state index contributed by atoms with van der Waals surface area (Å²) in [6.07, 6.45) is 1.30. The maximum Gasteiger partial charge on any atom is 0.339 e. The molecule has 0 spiro atoms. The number of aromatic nitrogens is 2. The molecular formula is C21H22N4O4S2. The highest BCUT2D eigenvalue weighted by molar-refractivity contribution is 8.01. The first-order valence-corrected chi connectivity index (χ1v) is 11.4. The van der Waals surface area contributed by atoms with Gasteiger partial charge in [0.25, 0.3) is 5.91 Å². The van der Waals surface area contributed by atoms with Crippen LogP contribution in [-0.4, -0.2) is 58.6 Å². The van der Waals surface area contributed by atoms with E-state index in [0.717, 1.165) is 14.6 Å². The fourth-order valence-corrected chi connectivity index (χ4v) is 4.81. The summed E-state index contributed by atoms with van der Waals surface area (Å²) in [5.41, 5.74) is 1.87. The number of amides is 2. The van der Waals surface area contributed by atoms with E-state index < -0.39 is 5.97 Å². The first-order valence-electron chi connectivity index (χ1n) is 9.62.